The normalized spacial score (nSPS) is 11.8. The molecule has 0 aliphatic heterocycles. The van der Waals surface area contributed by atoms with Gasteiger partial charge in [-0.05, 0) is 84.6 Å². The van der Waals surface area contributed by atoms with Gasteiger partial charge in [-0.3, -0.25) is 0 Å². The third-order valence-electron chi connectivity index (χ3n) is 7.38. The highest BCUT2D eigenvalue weighted by Crippen LogP contribution is 2.35. The topological polar surface area (TPSA) is 134 Å². The van der Waals surface area contributed by atoms with Crippen molar-refractivity contribution in [3.05, 3.63) is 131 Å². The van der Waals surface area contributed by atoms with Gasteiger partial charge in [-0.2, -0.15) is 0 Å². The molecule has 4 N–H and O–H groups in total. The summed E-state index contributed by atoms with van der Waals surface area (Å²) in [6.07, 6.45) is 1.99. The van der Waals surface area contributed by atoms with Crippen molar-refractivity contribution in [2.75, 3.05) is 13.2 Å². The number of carbonyl (C=O) groups is 2. The van der Waals surface area contributed by atoms with E-state index in [2.05, 4.69) is 0 Å². The fourth-order valence-corrected chi connectivity index (χ4v) is 4.65. The van der Waals surface area contributed by atoms with Gasteiger partial charge >= 0.3 is 11.9 Å². The first-order valence-corrected chi connectivity index (χ1v) is 13.2. The van der Waals surface area contributed by atoms with E-state index in [-0.39, 0.29) is 36.2 Å². The largest absolute Gasteiger partial charge is 0.508 e. The van der Waals surface area contributed by atoms with E-state index in [0.717, 1.165) is 34.4 Å². The van der Waals surface area contributed by atoms with Gasteiger partial charge in [0.1, 0.15) is 36.2 Å². The number of ether oxygens (including phenoxy) is 2. The van der Waals surface area contributed by atoms with Crippen LogP contribution in [0.15, 0.2) is 109 Å². The van der Waals surface area contributed by atoms with Crippen LogP contribution in [0, 0.1) is 0 Å². The summed E-state index contributed by atoms with van der Waals surface area (Å²) in [7, 11) is 0. The number of hydrogen-bond donors (Lipinski definition) is 4. The van der Waals surface area contributed by atoms with Crippen molar-refractivity contribution in [3.8, 4) is 23.0 Å². The summed E-state index contributed by atoms with van der Waals surface area (Å²) in [5, 5.41) is 38.9. The Morgan fingerprint density at radius 2 is 0.714 bits per heavy atom. The Morgan fingerprint density at radius 3 is 0.929 bits per heavy atom. The second-order valence-electron chi connectivity index (χ2n) is 10.4. The molecule has 0 saturated heterocycles. The highest BCUT2D eigenvalue weighted by Gasteiger charge is 2.32. The van der Waals surface area contributed by atoms with E-state index < -0.39 is 22.8 Å². The van der Waals surface area contributed by atoms with Gasteiger partial charge in [0, 0.05) is 12.2 Å². The van der Waals surface area contributed by atoms with Gasteiger partial charge in [0.2, 0.25) is 0 Å². The lowest BCUT2D eigenvalue weighted by atomic mass is 9.77. The Kier molecular flexibility index (Phi) is 8.86. The summed E-state index contributed by atoms with van der Waals surface area (Å²) < 4.78 is 11.1. The Labute approximate surface area is 243 Å². The van der Waals surface area contributed by atoms with Gasteiger partial charge < -0.3 is 29.9 Å². The standard InChI is InChI=1S/C34H32O8/c1-33(23-3-11-27(35)12-4-23,24-5-13-28(36)14-6-24)21-41-31(39)19-20-32(40)42-22-34(2,25-7-15-29(37)16-8-25)26-9-17-30(38)18-10-26/h3-20,35-38H,21-22H2,1-2H3/b20-19+. The molecule has 4 rings (SSSR count). The molecule has 0 atom stereocenters. The second-order valence-corrected chi connectivity index (χ2v) is 10.4. The summed E-state index contributed by atoms with van der Waals surface area (Å²) in [6.45, 7) is 3.57. The van der Waals surface area contributed by atoms with E-state index >= 15 is 0 Å². The van der Waals surface area contributed by atoms with Crippen LogP contribution in [0.2, 0.25) is 0 Å². The average molecular weight is 569 g/mol. The molecule has 4 aromatic rings. The molecule has 0 bridgehead atoms. The lowest BCUT2D eigenvalue weighted by Gasteiger charge is -2.30. The highest BCUT2D eigenvalue weighted by atomic mass is 16.5. The molecular formula is C34H32O8. The molecule has 0 spiro atoms. The Morgan fingerprint density at radius 1 is 0.500 bits per heavy atom. The molecule has 4 aromatic carbocycles. The van der Waals surface area contributed by atoms with Gasteiger partial charge in [-0.1, -0.05) is 48.5 Å². The van der Waals surface area contributed by atoms with Crippen LogP contribution in [-0.2, 0) is 29.9 Å². The molecular weight excluding hydrogens is 536 g/mol. The predicted octanol–water partition coefficient (Wildman–Crippen LogP) is 5.46. The van der Waals surface area contributed by atoms with Crippen molar-refractivity contribution < 1.29 is 39.5 Å². The van der Waals surface area contributed by atoms with Crippen molar-refractivity contribution in [1.82, 2.24) is 0 Å². The molecule has 8 nitrogen and oxygen atoms in total. The fourth-order valence-electron chi connectivity index (χ4n) is 4.65. The third-order valence-corrected chi connectivity index (χ3v) is 7.38. The first-order chi connectivity index (χ1) is 20.0. The molecule has 0 unspecified atom stereocenters. The number of phenolic OH excluding ortho intramolecular Hbond substituents is 4. The van der Waals surface area contributed by atoms with Crippen LogP contribution in [0.4, 0.5) is 0 Å². The number of esters is 2. The molecule has 0 aliphatic carbocycles. The summed E-state index contributed by atoms with van der Waals surface area (Å²) in [6, 6.07) is 26.1. The third kappa shape index (κ3) is 6.90. The molecule has 0 amide bonds. The van der Waals surface area contributed by atoms with E-state index in [0.29, 0.717) is 0 Å². The minimum absolute atomic E-state index is 0.0828. The number of carbonyl (C=O) groups excluding carboxylic acids is 2. The first-order valence-electron chi connectivity index (χ1n) is 13.2. The van der Waals surface area contributed by atoms with E-state index in [4.69, 9.17) is 9.47 Å². The average Bonchev–Trinajstić information content (AvgIpc) is 2.99. The van der Waals surface area contributed by atoms with Crippen LogP contribution in [0.25, 0.3) is 0 Å². The summed E-state index contributed by atoms with van der Waals surface area (Å²) in [5.41, 5.74) is 1.44. The van der Waals surface area contributed by atoms with Gasteiger partial charge in [0.15, 0.2) is 0 Å². The Balaban J connectivity index is 1.45. The van der Waals surface area contributed by atoms with Gasteiger partial charge in [0.05, 0.1) is 10.8 Å². The predicted molar refractivity (Wildman–Crippen MR) is 156 cm³/mol. The van der Waals surface area contributed by atoms with Crippen molar-refractivity contribution in [1.29, 1.82) is 0 Å². The fraction of sp³-hybridized carbons (Fsp3) is 0.176. The first kappa shape index (κ1) is 29.7. The lowest BCUT2D eigenvalue weighted by molar-refractivity contribution is -0.141. The quantitative estimate of drug-likeness (QED) is 0.146. The van der Waals surface area contributed by atoms with E-state index in [1.807, 2.05) is 13.8 Å². The Bertz CT molecular complexity index is 1330. The maximum Gasteiger partial charge on any atom is 0.331 e. The van der Waals surface area contributed by atoms with Gasteiger partial charge in [-0.25, -0.2) is 9.59 Å². The monoisotopic (exact) mass is 568 g/mol. The minimum atomic E-state index is -0.818. The van der Waals surface area contributed by atoms with Crippen LogP contribution >= 0.6 is 0 Å². The molecule has 8 heteroatoms. The zero-order valence-electron chi connectivity index (χ0n) is 23.2. The van der Waals surface area contributed by atoms with Crippen LogP contribution in [0.5, 0.6) is 23.0 Å². The van der Waals surface area contributed by atoms with Crippen LogP contribution in [0.1, 0.15) is 36.1 Å². The number of aromatic hydroxyl groups is 4. The molecule has 0 fully saturated rings. The van der Waals surface area contributed by atoms with E-state index in [1.54, 1.807) is 48.5 Å². The molecule has 0 saturated carbocycles. The number of phenols is 4. The van der Waals surface area contributed by atoms with Crippen LogP contribution < -0.4 is 0 Å². The van der Waals surface area contributed by atoms with Gasteiger partial charge in [-0.15, -0.1) is 0 Å². The SMILES string of the molecule is CC(COC(=O)/C=C/C(=O)OCC(C)(c1ccc(O)cc1)c1ccc(O)cc1)(c1ccc(O)cc1)c1ccc(O)cc1. The van der Waals surface area contributed by atoms with Crippen molar-refractivity contribution in [3.63, 3.8) is 0 Å². The number of hydrogen-bond acceptors (Lipinski definition) is 8. The summed E-state index contributed by atoms with van der Waals surface area (Å²) in [5.74, 6) is -1.13. The highest BCUT2D eigenvalue weighted by molar-refractivity contribution is 5.91. The van der Waals surface area contributed by atoms with Crippen LogP contribution in [-0.4, -0.2) is 45.6 Å². The zero-order valence-corrected chi connectivity index (χ0v) is 23.2. The summed E-state index contributed by atoms with van der Waals surface area (Å²) >= 11 is 0. The minimum Gasteiger partial charge on any atom is -0.508 e. The van der Waals surface area contributed by atoms with Crippen molar-refractivity contribution in [2.45, 2.75) is 24.7 Å². The van der Waals surface area contributed by atoms with Crippen molar-refractivity contribution in [2.24, 2.45) is 0 Å². The molecule has 0 heterocycles. The molecule has 0 aromatic heterocycles. The maximum atomic E-state index is 12.6. The molecule has 216 valence electrons. The van der Waals surface area contributed by atoms with Gasteiger partial charge in [0.25, 0.3) is 0 Å². The summed E-state index contributed by atoms with van der Waals surface area (Å²) in [4.78, 5) is 25.3. The number of benzene rings is 4. The van der Waals surface area contributed by atoms with E-state index in [1.165, 1.54) is 48.5 Å². The Hall–Kier alpha value is -5.24. The second kappa shape index (κ2) is 12.5. The molecule has 0 radical (unpaired) electrons. The number of rotatable bonds is 10. The zero-order chi connectivity index (χ0) is 30.3. The lowest BCUT2D eigenvalue weighted by Crippen LogP contribution is -2.31. The van der Waals surface area contributed by atoms with E-state index in [9.17, 15) is 30.0 Å². The molecule has 0 aliphatic rings. The maximum absolute atomic E-state index is 12.6. The van der Waals surface area contributed by atoms with Crippen LogP contribution in [0.3, 0.4) is 0 Å². The molecule has 42 heavy (non-hydrogen) atoms. The smallest absolute Gasteiger partial charge is 0.331 e. The van der Waals surface area contributed by atoms with Crippen molar-refractivity contribution >= 4 is 11.9 Å².